The molecule has 0 saturated carbocycles. The molecule has 2 aromatic rings. The van der Waals surface area contributed by atoms with Crippen LogP contribution in [0.25, 0.3) is 0 Å². The standard InChI is InChI=1S/C14H21N3OS/c1-12-11-17(8-4-9-18-2)14(16-12)15-7-6-13-5-3-10-19-13/h3,5,10-11H,4,6-9H2,1-2H3,(H,15,16). The lowest BCUT2D eigenvalue weighted by molar-refractivity contribution is 0.190. The van der Waals surface area contributed by atoms with Crippen LogP contribution in [0.1, 0.15) is 17.0 Å². The van der Waals surface area contributed by atoms with Gasteiger partial charge in [0.25, 0.3) is 0 Å². The van der Waals surface area contributed by atoms with Crippen LogP contribution in [0, 0.1) is 6.92 Å². The molecule has 0 atom stereocenters. The minimum absolute atomic E-state index is 0.784. The van der Waals surface area contributed by atoms with Crippen molar-refractivity contribution in [1.29, 1.82) is 0 Å². The number of methoxy groups -OCH3 is 1. The maximum atomic E-state index is 5.09. The van der Waals surface area contributed by atoms with E-state index in [1.807, 2.05) is 6.92 Å². The number of aryl methyl sites for hydroxylation is 2. The Bertz CT molecular complexity index is 479. The summed E-state index contributed by atoms with van der Waals surface area (Å²) in [6.07, 6.45) is 4.14. The Labute approximate surface area is 118 Å². The van der Waals surface area contributed by atoms with Crippen molar-refractivity contribution in [3.63, 3.8) is 0 Å². The number of hydrogen-bond acceptors (Lipinski definition) is 4. The number of imidazole rings is 1. The fourth-order valence-electron chi connectivity index (χ4n) is 1.99. The number of anilines is 1. The van der Waals surface area contributed by atoms with E-state index < -0.39 is 0 Å². The minimum Gasteiger partial charge on any atom is -0.385 e. The highest BCUT2D eigenvalue weighted by Gasteiger charge is 2.05. The van der Waals surface area contributed by atoms with Gasteiger partial charge in [-0.1, -0.05) is 6.07 Å². The summed E-state index contributed by atoms with van der Waals surface area (Å²) in [4.78, 5) is 5.93. The molecule has 19 heavy (non-hydrogen) atoms. The Morgan fingerprint density at radius 3 is 3.11 bits per heavy atom. The molecule has 2 aromatic heterocycles. The molecule has 2 rings (SSSR count). The molecule has 1 N–H and O–H groups in total. The molecule has 0 bridgehead atoms. The van der Waals surface area contributed by atoms with Crippen molar-refractivity contribution < 1.29 is 4.74 Å². The van der Waals surface area contributed by atoms with E-state index in [1.165, 1.54) is 4.88 Å². The Morgan fingerprint density at radius 1 is 1.47 bits per heavy atom. The fourth-order valence-corrected chi connectivity index (χ4v) is 2.70. The van der Waals surface area contributed by atoms with Crippen molar-refractivity contribution in [1.82, 2.24) is 9.55 Å². The number of hydrogen-bond donors (Lipinski definition) is 1. The van der Waals surface area contributed by atoms with Gasteiger partial charge in [-0.15, -0.1) is 11.3 Å². The van der Waals surface area contributed by atoms with Crippen molar-refractivity contribution in [2.45, 2.75) is 26.3 Å². The summed E-state index contributed by atoms with van der Waals surface area (Å²) in [6, 6.07) is 4.26. The predicted molar refractivity (Wildman–Crippen MR) is 80.0 cm³/mol. The zero-order valence-corrected chi connectivity index (χ0v) is 12.4. The minimum atomic E-state index is 0.784. The second-order valence-electron chi connectivity index (χ2n) is 4.50. The summed E-state index contributed by atoms with van der Waals surface area (Å²) in [6.45, 7) is 4.67. The van der Waals surface area contributed by atoms with Gasteiger partial charge in [-0.2, -0.15) is 0 Å². The first-order chi connectivity index (χ1) is 9.29. The summed E-state index contributed by atoms with van der Waals surface area (Å²) >= 11 is 1.80. The molecule has 0 saturated heterocycles. The SMILES string of the molecule is COCCCn1cc(C)nc1NCCc1cccs1. The number of nitrogens with zero attached hydrogens (tertiary/aromatic N) is 2. The van der Waals surface area contributed by atoms with Crippen LogP contribution in [0.2, 0.25) is 0 Å². The van der Waals surface area contributed by atoms with E-state index in [1.54, 1.807) is 18.4 Å². The second kappa shape index (κ2) is 7.31. The molecule has 0 unspecified atom stereocenters. The van der Waals surface area contributed by atoms with Crippen molar-refractivity contribution in [2.24, 2.45) is 0 Å². The first-order valence-electron chi connectivity index (χ1n) is 6.58. The highest BCUT2D eigenvalue weighted by atomic mass is 32.1. The van der Waals surface area contributed by atoms with Gasteiger partial charge in [0.15, 0.2) is 0 Å². The Balaban J connectivity index is 1.84. The zero-order chi connectivity index (χ0) is 13.5. The van der Waals surface area contributed by atoms with Gasteiger partial charge >= 0.3 is 0 Å². The monoisotopic (exact) mass is 279 g/mol. The van der Waals surface area contributed by atoms with Crippen LogP contribution in [-0.4, -0.2) is 29.8 Å². The molecule has 4 nitrogen and oxygen atoms in total. The third-order valence-corrected chi connectivity index (χ3v) is 3.82. The van der Waals surface area contributed by atoms with Gasteiger partial charge < -0.3 is 14.6 Å². The molecule has 0 aliphatic heterocycles. The Hall–Kier alpha value is -1.33. The molecule has 5 heteroatoms. The second-order valence-corrected chi connectivity index (χ2v) is 5.53. The van der Waals surface area contributed by atoms with E-state index in [0.29, 0.717) is 0 Å². The maximum Gasteiger partial charge on any atom is 0.203 e. The molecule has 0 amide bonds. The van der Waals surface area contributed by atoms with Crippen molar-refractivity contribution >= 4 is 17.3 Å². The van der Waals surface area contributed by atoms with Crippen LogP contribution in [0.5, 0.6) is 0 Å². The van der Waals surface area contributed by atoms with Crippen LogP contribution >= 0.6 is 11.3 Å². The number of ether oxygens (including phenoxy) is 1. The molecule has 104 valence electrons. The first kappa shape index (κ1) is 14.1. The van der Waals surface area contributed by atoms with Crippen LogP contribution in [0.4, 0.5) is 5.95 Å². The Kier molecular flexibility index (Phi) is 5.42. The molecular weight excluding hydrogens is 258 g/mol. The van der Waals surface area contributed by atoms with E-state index in [2.05, 4.69) is 38.6 Å². The van der Waals surface area contributed by atoms with Crippen LogP contribution in [0.15, 0.2) is 23.7 Å². The lowest BCUT2D eigenvalue weighted by atomic mass is 10.3. The predicted octanol–water partition coefficient (Wildman–Crippen LogP) is 2.94. The number of aromatic nitrogens is 2. The van der Waals surface area contributed by atoms with E-state index in [-0.39, 0.29) is 0 Å². The Morgan fingerprint density at radius 2 is 2.37 bits per heavy atom. The summed E-state index contributed by atoms with van der Waals surface area (Å²) in [5.74, 6) is 0.963. The summed E-state index contributed by atoms with van der Waals surface area (Å²) in [5, 5.41) is 5.53. The van der Waals surface area contributed by atoms with Gasteiger partial charge in [0.05, 0.1) is 5.69 Å². The van der Waals surface area contributed by atoms with Crippen molar-refractivity contribution in [3.8, 4) is 0 Å². The first-order valence-corrected chi connectivity index (χ1v) is 7.46. The van der Waals surface area contributed by atoms with Gasteiger partial charge in [-0.3, -0.25) is 0 Å². The smallest absolute Gasteiger partial charge is 0.203 e. The molecule has 0 aliphatic carbocycles. The molecule has 2 heterocycles. The van der Waals surface area contributed by atoms with Gasteiger partial charge in [0.1, 0.15) is 0 Å². The normalized spacial score (nSPS) is 10.8. The summed E-state index contributed by atoms with van der Waals surface area (Å²) in [7, 11) is 1.74. The molecule has 0 radical (unpaired) electrons. The number of nitrogens with one attached hydrogen (secondary N) is 1. The highest BCUT2D eigenvalue weighted by Crippen LogP contribution is 2.12. The quantitative estimate of drug-likeness (QED) is 0.755. The van der Waals surface area contributed by atoms with Crippen LogP contribution in [-0.2, 0) is 17.7 Å². The largest absolute Gasteiger partial charge is 0.385 e. The molecule has 0 aromatic carbocycles. The van der Waals surface area contributed by atoms with Crippen molar-refractivity contribution in [2.75, 3.05) is 25.6 Å². The van der Waals surface area contributed by atoms with E-state index >= 15 is 0 Å². The molecule has 0 fully saturated rings. The number of rotatable bonds is 8. The summed E-state index contributed by atoms with van der Waals surface area (Å²) < 4.78 is 7.26. The maximum absolute atomic E-state index is 5.09. The van der Waals surface area contributed by atoms with E-state index in [0.717, 1.165) is 44.2 Å². The lowest BCUT2D eigenvalue weighted by Crippen LogP contribution is -2.11. The lowest BCUT2D eigenvalue weighted by Gasteiger charge is -2.09. The average Bonchev–Trinajstić information content (AvgIpc) is 3.00. The number of thiophene rings is 1. The van der Waals surface area contributed by atoms with Gasteiger partial charge in [-0.05, 0) is 31.2 Å². The third kappa shape index (κ3) is 4.36. The summed E-state index contributed by atoms with van der Waals surface area (Å²) in [5.41, 5.74) is 1.05. The molecule has 0 aliphatic rings. The highest BCUT2D eigenvalue weighted by molar-refractivity contribution is 7.09. The van der Waals surface area contributed by atoms with Crippen molar-refractivity contribution in [3.05, 3.63) is 34.3 Å². The third-order valence-electron chi connectivity index (χ3n) is 2.88. The fraction of sp³-hybridized carbons (Fsp3) is 0.500. The van der Waals surface area contributed by atoms with Gasteiger partial charge in [0.2, 0.25) is 5.95 Å². The van der Waals surface area contributed by atoms with Crippen LogP contribution in [0.3, 0.4) is 0 Å². The van der Waals surface area contributed by atoms with E-state index in [4.69, 9.17) is 4.74 Å². The van der Waals surface area contributed by atoms with Gasteiger partial charge in [-0.25, -0.2) is 4.98 Å². The zero-order valence-electron chi connectivity index (χ0n) is 11.6. The molecule has 0 spiro atoms. The molecular formula is C14H21N3OS. The average molecular weight is 279 g/mol. The van der Waals surface area contributed by atoms with Crippen LogP contribution < -0.4 is 5.32 Å². The van der Waals surface area contributed by atoms with E-state index in [9.17, 15) is 0 Å². The van der Waals surface area contributed by atoms with Gasteiger partial charge in [0, 0.05) is 37.9 Å². The topological polar surface area (TPSA) is 39.1 Å².